The maximum Gasteiger partial charge on any atom is 0.331 e. The molecule has 0 aliphatic carbocycles. The van der Waals surface area contributed by atoms with E-state index in [1.54, 1.807) is 0 Å². The number of rotatable bonds is 9. The second kappa shape index (κ2) is 10.4. The highest BCUT2D eigenvalue weighted by atomic mass is 16.5. The Morgan fingerprint density at radius 1 is 0.905 bits per heavy atom. The first-order chi connectivity index (χ1) is 9.73. The molecular formula is C17H30O4. The molecule has 0 bridgehead atoms. The van der Waals surface area contributed by atoms with Crippen molar-refractivity contribution < 1.29 is 19.1 Å². The Morgan fingerprint density at radius 2 is 1.43 bits per heavy atom. The van der Waals surface area contributed by atoms with Crippen molar-refractivity contribution in [1.82, 2.24) is 0 Å². The van der Waals surface area contributed by atoms with Gasteiger partial charge in [0.15, 0.2) is 0 Å². The van der Waals surface area contributed by atoms with Crippen LogP contribution in [0.1, 0.15) is 54.4 Å². The number of carbonyl (C=O) groups excluding carboxylic acids is 2. The second-order valence-electron chi connectivity index (χ2n) is 6.43. The van der Waals surface area contributed by atoms with E-state index in [9.17, 15) is 9.59 Å². The van der Waals surface area contributed by atoms with Gasteiger partial charge < -0.3 is 9.47 Å². The van der Waals surface area contributed by atoms with Crippen molar-refractivity contribution in [3.05, 3.63) is 12.2 Å². The first-order valence-corrected chi connectivity index (χ1v) is 7.79. The van der Waals surface area contributed by atoms with Gasteiger partial charge in [-0.1, -0.05) is 41.5 Å². The molecule has 0 aliphatic heterocycles. The van der Waals surface area contributed by atoms with Crippen LogP contribution in [0.15, 0.2) is 12.2 Å². The smallest absolute Gasteiger partial charge is 0.331 e. The second-order valence-corrected chi connectivity index (χ2v) is 6.43. The summed E-state index contributed by atoms with van der Waals surface area (Å²) in [6.45, 7) is 12.6. The summed E-state index contributed by atoms with van der Waals surface area (Å²) in [5.74, 6) is 0.0803. The van der Waals surface area contributed by atoms with Crippen LogP contribution in [0, 0.1) is 17.8 Å². The molecule has 0 saturated heterocycles. The maximum atomic E-state index is 11.7. The third-order valence-electron chi connectivity index (χ3n) is 3.09. The van der Waals surface area contributed by atoms with Crippen LogP contribution in [0.5, 0.6) is 0 Å². The standard InChI is InChI=1S/C17H30O4/c1-12(2)8-7-11-20-15(18)9-10-16(19)21-17(13(3)4)14(5)6/h9-10,12-14,17H,7-8,11H2,1-6H3/b10-9+. The van der Waals surface area contributed by atoms with Crippen LogP contribution in [0.25, 0.3) is 0 Å². The molecule has 0 heterocycles. The molecule has 122 valence electrons. The van der Waals surface area contributed by atoms with Gasteiger partial charge in [0.1, 0.15) is 6.10 Å². The molecule has 0 saturated carbocycles. The highest BCUT2D eigenvalue weighted by molar-refractivity contribution is 5.91. The SMILES string of the molecule is CC(C)CCCOC(=O)/C=C/C(=O)OC(C(C)C)C(C)C. The van der Waals surface area contributed by atoms with Gasteiger partial charge in [0.2, 0.25) is 0 Å². The predicted molar refractivity (Wildman–Crippen MR) is 83.7 cm³/mol. The predicted octanol–water partition coefficient (Wildman–Crippen LogP) is 3.75. The molecule has 0 N–H and O–H groups in total. The van der Waals surface area contributed by atoms with E-state index in [2.05, 4.69) is 13.8 Å². The molecule has 0 aromatic heterocycles. The van der Waals surface area contributed by atoms with Gasteiger partial charge in [0.05, 0.1) is 6.61 Å². The minimum absolute atomic E-state index is 0.149. The van der Waals surface area contributed by atoms with E-state index in [4.69, 9.17) is 9.47 Å². The highest BCUT2D eigenvalue weighted by Gasteiger charge is 2.20. The number of hydrogen-bond acceptors (Lipinski definition) is 4. The first kappa shape index (κ1) is 19.7. The Kier molecular flexibility index (Phi) is 9.76. The van der Waals surface area contributed by atoms with Crippen molar-refractivity contribution in [2.75, 3.05) is 6.61 Å². The zero-order valence-electron chi connectivity index (χ0n) is 14.2. The molecule has 0 rings (SSSR count). The number of carbonyl (C=O) groups is 2. The minimum atomic E-state index is -0.499. The van der Waals surface area contributed by atoms with Gasteiger partial charge in [0.25, 0.3) is 0 Å². The van der Waals surface area contributed by atoms with E-state index in [1.807, 2.05) is 27.7 Å². The zero-order valence-corrected chi connectivity index (χ0v) is 14.2. The van der Waals surface area contributed by atoms with Crippen LogP contribution >= 0.6 is 0 Å². The monoisotopic (exact) mass is 298 g/mol. The Morgan fingerprint density at radius 3 is 1.90 bits per heavy atom. The molecule has 0 fully saturated rings. The number of hydrogen-bond donors (Lipinski definition) is 0. The molecule has 0 aromatic rings. The van der Waals surface area contributed by atoms with Crippen molar-refractivity contribution in [1.29, 1.82) is 0 Å². The van der Waals surface area contributed by atoms with Gasteiger partial charge in [0, 0.05) is 12.2 Å². The normalized spacial score (nSPS) is 11.9. The Balaban J connectivity index is 4.10. The van der Waals surface area contributed by atoms with E-state index in [-0.39, 0.29) is 17.9 Å². The third-order valence-corrected chi connectivity index (χ3v) is 3.09. The van der Waals surface area contributed by atoms with Crippen molar-refractivity contribution >= 4 is 11.9 Å². The quantitative estimate of drug-likeness (QED) is 0.369. The zero-order chi connectivity index (χ0) is 16.4. The average Bonchev–Trinajstić information content (AvgIpc) is 2.37. The van der Waals surface area contributed by atoms with Crippen LogP contribution in [-0.2, 0) is 19.1 Å². The summed E-state index contributed by atoms with van der Waals surface area (Å²) in [6, 6.07) is 0. The highest BCUT2D eigenvalue weighted by Crippen LogP contribution is 2.16. The summed E-state index contributed by atoms with van der Waals surface area (Å²) in [5, 5.41) is 0. The Bertz CT molecular complexity index is 335. The molecule has 0 radical (unpaired) electrons. The molecule has 0 unspecified atom stereocenters. The summed E-state index contributed by atoms with van der Waals surface area (Å²) in [4.78, 5) is 23.1. The molecule has 0 amide bonds. The Hall–Kier alpha value is -1.32. The van der Waals surface area contributed by atoms with Crippen LogP contribution < -0.4 is 0 Å². The number of ether oxygens (including phenoxy) is 2. The van der Waals surface area contributed by atoms with Gasteiger partial charge in [-0.25, -0.2) is 9.59 Å². The van der Waals surface area contributed by atoms with Gasteiger partial charge in [-0.2, -0.15) is 0 Å². The van der Waals surface area contributed by atoms with Gasteiger partial charge in [-0.05, 0) is 30.6 Å². The van der Waals surface area contributed by atoms with E-state index in [1.165, 1.54) is 0 Å². The molecule has 21 heavy (non-hydrogen) atoms. The van der Waals surface area contributed by atoms with Crippen LogP contribution in [0.3, 0.4) is 0 Å². The maximum absolute atomic E-state index is 11.7. The van der Waals surface area contributed by atoms with E-state index < -0.39 is 11.9 Å². The van der Waals surface area contributed by atoms with Gasteiger partial charge in [-0.3, -0.25) is 0 Å². The van der Waals surface area contributed by atoms with E-state index >= 15 is 0 Å². The summed E-state index contributed by atoms with van der Waals surface area (Å²) in [5.41, 5.74) is 0. The van der Waals surface area contributed by atoms with Crippen molar-refractivity contribution in [2.24, 2.45) is 17.8 Å². The lowest BCUT2D eigenvalue weighted by Gasteiger charge is -2.24. The lowest BCUT2D eigenvalue weighted by molar-refractivity contribution is -0.148. The molecule has 0 aliphatic rings. The molecule has 0 spiro atoms. The largest absolute Gasteiger partial charge is 0.463 e. The van der Waals surface area contributed by atoms with E-state index in [0.29, 0.717) is 12.5 Å². The molecular weight excluding hydrogens is 268 g/mol. The van der Waals surface area contributed by atoms with Crippen molar-refractivity contribution in [3.63, 3.8) is 0 Å². The summed E-state index contributed by atoms with van der Waals surface area (Å²) < 4.78 is 10.4. The summed E-state index contributed by atoms with van der Waals surface area (Å²) >= 11 is 0. The molecule has 4 nitrogen and oxygen atoms in total. The van der Waals surface area contributed by atoms with Gasteiger partial charge in [-0.15, -0.1) is 0 Å². The van der Waals surface area contributed by atoms with Crippen LogP contribution in [0.4, 0.5) is 0 Å². The topological polar surface area (TPSA) is 52.6 Å². The fraction of sp³-hybridized carbons (Fsp3) is 0.765. The first-order valence-electron chi connectivity index (χ1n) is 7.79. The van der Waals surface area contributed by atoms with Crippen molar-refractivity contribution in [2.45, 2.75) is 60.5 Å². The molecule has 0 aromatic carbocycles. The average molecular weight is 298 g/mol. The van der Waals surface area contributed by atoms with E-state index in [0.717, 1.165) is 25.0 Å². The molecule has 4 heteroatoms. The van der Waals surface area contributed by atoms with Gasteiger partial charge >= 0.3 is 11.9 Å². The van der Waals surface area contributed by atoms with Crippen LogP contribution in [-0.4, -0.2) is 24.6 Å². The van der Waals surface area contributed by atoms with Crippen LogP contribution in [0.2, 0.25) is 0 Å². The summed E-state index contributed by atoms with van der Waals surface area (Å²) in [6.07, 6.45) is 3.98. The number of esters is 2. The Labute approximate surface area is 128 Å². The lowest BCUT2D eigenvalue weighted by atomic mass is 9.96. The summed E-state index contributed by atoms with van der Waals surface area (Å²) in [7, 11) is 0. The third kappa shape index (κ3) is 10.1. The minimum Gasteiger partial charge on any atom is -0.463 e. The fourth-order valence-corrected chi connectivity index (χ4v) is 2.06. The lowest BCUT2D eigenvalue weighted by Crippen LogP contribution is -2.28. The fourth-order valence-electron chi connectivity index (χ4n) is 2.06. The van der Waals surface area contributed by atoms with Crippen molar-refractivity contribution in [3.8, 4) is 0 Å². The molecule has 0 atom stereocenters.